The maximum atomic E-state index is 5.03. The molecule has 0 spiro atoms. The van der Waals surface area contributed by atoms with Gasteiger partial charge in [-0.3, -0.25) is 4.98 Å². The zero-order valence-corrected chi connectivity index (χ0v) is 32.0. The predicted octanol–water partition coefficient (Wildman–Crippen LogP) is 11.3. The van der Waals surface area contributed by atoms with E-state index >= 15 is 0 Å². The number of nitrogens with zero attached hydrogens (tertiary/aromatic N) is 3. The van der Waals surface area contributed by atoms with E-state index < -0.39 is 0 Å². The summed E-state index contributed by atoms with van der Waals surface area (Å²) >= 11 is 4.02. The molecule has 7 heterocycles. The van der Waals surface area contributed by atoms with Gasteiger partial charge in [0.2, 0.25) is 0 Å². The molecule has 57 heavy (non-hydrogen) atoms. The summed E-state index contributed by atoms with van der Waals surface area (Å²) in [6.45, 7) is 0.0953. The molecule has 0 radical (unpaired) electrons. The highest BCUT2D eigenvalue weighted by Gasteiger charge is 2.49. The molecule has 2 atom stereocenters. The number of aromatic nitrogens is 2. The first-order valence-electron chi connectivity index (χ1n) is 19.8. The first-order valence-corrected chi connectivity index (χ1v) is 21.4. The van der Waals surface area contributed by atoms with Crippen LogP contribution in [-0.2, 0) is 0 Å². The molecular formula is C51H28BN3S2. The summed E-state index contributed by atoms with van der Waals surface area (Å²) in [5.74, 6) is 0.218. The fourth-order valence-corrected chi connectivity index (χ4v) is 14.2. The summed E-state index contributed by atoms with van der Waals surface area (Å²) in [6, 6.07) is 43.8. The van der Waals surface area contributed by atoms with E-state index in [4.69, 9.17) is 4.98 Å². The average Bonchev–Trinajstić information content (AvgIpc) is 3.77. The first-order chi connectivity index (χ1) is 28.3. The third-order valence-corrected chi connectivity index (χ3v) is 15.9. The lowest BCUT2D eigenvalue weighted by Gasteiger charge is -2.44. The van der Waals surface area contributed by atoms with Crippen LogP contribution in [0, 0.1) is 5.92 Å². The van der Waals surface area contributed by atoms with E-state index in [1.165, 1.54) is 107 Å². The van der Waals surface area contributed by atoms with Crippen molar-refractivity contribution < 1.29 is 0 Å². The van der Waals surface area contributed by atoms with Gasteiger partial charge in [0.1, 0.15) is 0 Å². The molecule has 3 aliphatic heterocycles. The van der Waals surface area contributed by atoms with E-state index in [1.54, 1.807) is 0 Å². The Hall–Kier alpha value is -6.47. The van der Waals surface area contributed by atoms with Gasteiger partial charge in [0.05, 0.1) is 28.3 Å². The molecule has 0 saturated heterocycles. The Morgan fingerprint density at radius 1 is 0.649 bits per heavy atom. The minimum Gasteiger partial charge on any atom is -0.333 e. The van der Waals surface area contributed by atoms with Crippen molar-refractivity contribution in [2.24, 2.45) is 5.92 Å². The molecular weight excluding hydrogens is 730 g/mol. The number of pyridine rings is 1. The van der Waals surface area contributed by atoms with E-state index in [9.17, 15) is 0 Å². The van der Waals surface area contributed by atoms with E-state index in [0.29, 0.717) is 0 Å². The van der Waals surface area contributed by atoms with Crippen molar-refractivity contribution in [3.63, 3.8) is 0 Å². The number of hydrogen-bond donors (Lipinski definition) is 0. The molecule has 5 aliphatic rings. The lowest BCUT2D eigenvalue weighted by atomic mass is 9.39. The summed E-state index contributed by atoms with van der Waals surface area (Å²) in [4.78, 5) is 7.80. The Kier molecular flexibility index (Phi) is 5.37. The molecule has 15 rings (SSSR count). The van der Waals surface area contributed by atoms with Gasteiger partial charge in [-0.1, -0.05) is 115 Å². The first kappa shape index (κ1) is 29.8. The van der Waals surface area contributed by atoms with E-state index in [2.05, 4.69) is 155 Å². The van der Waals surface area contributed by atoms with Gasteiger partial charge >= 0.3 is 0 Å². The molecule has 3 nitrogen and oxygen atoms in total. The molecule has 10 aromatic rings. The Morgan fingerprint density at radius 3 is 2.35 bits per heavy atom. The van der Waals surface area contributed by atoms with Crippen LogP contribution in [0.5, 0.6) is 0 Å². The molecule has 0 amide bonds. The summed E-state index contributed by atoms with van der Waals surface area (Å²) in [5.41, 5.74) is 15.6. The second kappa shape index (κ2) is 10.3. The van der Waals surface area contributed by atoms with Gasteiger partial charge in [0.25, 0.3) is 6.71 Å². The summed E-state index contributed by atoms with van der Waals surface area (Å²) in [7, 11) is 0. The normalized spacial score (nSPS) is 18.2. The van der Waals surface area contributed by atoms with Crippen molar-refractivity contribution in [2.75, 3.05) is 4.90 Å². The van der Waals surface area contributed by atoms with Crippen LogP contribution < -0.4 is 19.9 Å². The van der Waals surface area contributed by atoms with Crippen LogP contribution in [0.2, 0.25) is 0 Å². The average molecular weight is 758 g/mol. The topological polar surface area (TPSA) is 21.1 Å². The highest BCUT2D eigenvalue weighted by atomic mass is 32.1. The van der Waals surface area contributed by atoms with Crippen LogP contribution in [0.1, 0.15) is 5.56 Å². The standard InChI is InChI=1S/C51H28BN3S2/c1-9-27-11-4-20-36-42(27)32(16-1)34-18-6-22-40-44(34)48-50(56-40)52-46-38(54(36)48)25-30(31-15-3-13-29-14-8-24-53-47(29)31)26-39(46)55-37-21-5-12-28-10-2-17-33(43(28)37)35-19-7-23-41-45(35)49(55)51(52)57-41/h1-26,36,42H. The number of benzene rings is 6. The minimum atomic E-state index is 0.0953. The van der Waals surface area contributed by atoms with Gasteiger partial charge in [-0.05, 0) is 80.3 Å². The molecule has 6 heteroatoms. The van der Waals surface area contributed by atoms with Crippen LogP contribution in [0.4, 0.5) is 11.4 Å². The summed E-state index contributed by atoms with van der Waals surface area (Å²) in [6.07, 6.45) is 16.0. The largest absolute Gasteiger partial charge is 0.333 e. The Morgan fingerprint density at radius 2 is 1.40 bits per heavy atom. The van der Waals surface area contributed by atoms with E-state index in [-0.39, 0.29) is 18.7 Å². The number of thiophene rings is 2. The molecule has 2 unspecified atom stereocenters. The highest BCUT2D eigenvalue weighted by Crippen LogP contribution is 2.54. The molecule has 4 aromatic heterocycles. The van der Waals surface area contributed by atoms with Crippen LogP contribution >= 0.6 is 22.7 Å². The predicted molar refractivity (Wildman–Crippen MR) is 245 cm³/mol. The second-order valence-corrected chi connectivity index (χ2v) is 18.3. The SMILES string of the molecule is C1=CC2=CC=CC3C2C(=C1)c1cccc2sc4c(c12)N3c1cc(-c2cccc3cccnc23)cc2c1B4c1sc3cccc4c5cccc6cccc(c65)n-2c1c34. The van der Waals surface area contributed by atoms with Gasteiger partial charge in [0.15, 0.2) is 0 Å². The zero-order chi connectivity index (χ0) is 36.7. The molecule has 0 N–H and O–H groups in total. The Bertz CT molecular complexity index is 3670. The van der Waals surface area contributed by atoms with Gasteiger partial charge in [-0.15, -0.1) is 22.7 Å². The van der Waals surface area contributed by atoms with Crippen LogP contribution in [0.3, 0.4) is 0 Å². The molecule has 6 aromatic carbocycles. The summed E-state index contributed by atoms with van der Waals surface area (Å²) < 4.78 is 8.30. The lowest BCUT2D eigenvalue weighted by Crippen LogP contribution is -2.60. The number of anilines is 2. The number of allylic oxidation sites excluding steroid dienone is 5. The third-order valence-electron chi connectivity index (χ3n) is 13.5. The highest BCUT2D eigenvalue weighted by molar-refractivity contribution is 7.41. The molecule has 2 aliphatic carbocycles. The van der Waals surface area contributed by atoms with Crippen molar-refractivity contribution in [1.82, 2.24) is 9.55 Å². The molecule has 0 bridgehead atoms. The number of fused-ring (bicyclic) bond motifs is 9. The van der Waals surface area contributed by atoms with Crippen LogP contribution in [-0.4, -0.2) is 22.3 Å². The monoisotopic (exact) mass is 757 g/mol. The third kappa shape index (κ3) is 3.51. The second-order valence-electron chi connectivity index (χ2n) is 16.1. The lowest BCUT2D eigenvalue weighted by molar-refractivity contribution is 0.661. The van der Waals surface area contributed by atoms with Crippen molar-refractivity contribution in [1.29, 1.82) is 0 Å². The molecule has 262 valence electrons. The van der Waals surface area contributed by atoms with E-state index in [0.717, 1.165) is 16.5 Å². The number of para-hydroxylation sites is 1. The maximum Gasteiger partial charge on any atom is 0.277 e. The maximum absolute atomic E-state index is 5.03. The van der Waals surface area contributed by atoms with Gasteiger partial charge in [-0.2, -0.15) is 0 Å². The zero-order valence-electron chi connectivity index (χ0n) is 30.4. The van der Waals surface area contributed by atoms with Gasteiger partial charge < -0.3 is 9.47 Å². The number of rotatable bonds is 1. The van der Waals surface area contributed by atoms with Gasteiger partial charge in [-0.25, -0.2) is 0 Å². The summed E-state index contributed by atoms with van der Waals surface area (Å²) in [5, 5.41) is 9.15. The van der Waals surface area contributed by atoms with E-state index in [1.807, 2.05) is 34.9 Å². The van der Waals surface area contributed by atoms with Crippen LogP contribution in [0.15, 0.2) is 163 Å². The molecule has 0 saturated carbocycles. The minimum absolute atomic E-state index is 0.0953. The van der Waals surface area contributed by atoms with Gasteiger partial charge in [0, 0.05) is 69.6 Å². The number of hydrogen-bond acceptors (Lipinski definition) is 4. The smallest absolute Gasteiger partial charge is 0.277 e. The van der Waals surface area contributed by atoms with Crippen molar-refractivity contribution in [3.8, 4) is 16.8 Å². The Labute approximate surface area is 335 Å². The fourth-order valence-electron chi connectivity index (χ4n) is 11.4. The van der Waals surface area contributed by atoms with Crippen LogP contribution in [0.25, 0.3) is 86.0 Å². The fraction of sp³-hybridized carbons (Fsp3) is 0.0392. The molecule has 0 fully saturated rings. The van der Waals surface area contributed by atoms with Crippen molar-refractivity contribution >= 4 is 125 Å². The van der Waals surface area contributed by atoms with Crippen molar-refractivity contribution in [2.45, 2.75) is 6.04 Å². The van der Waals surface area contributed by atoms with Crippen molar-refractivity contribution in [3.05, 3.63) is 169 Å². The quantitative estimate of drug-likeness (QED) is 0.156. The Balaban J connectivity index is 1.19.